The summed E-state index contributed by atoms with van der Waals surface area (Å²) in [6.45, 7) is 4.99. The molecule has 0 aliphatic carbocycles. The molecule has 0 bridgehead atoms. The van der Waals surface area contributed by atoms with Gasteiger partial charge in [-0.2, -0.15) is 0 Å². The number of nitrogens with one attached hydrogen (secondary N) is 1. The molecule has 0 radical (unpaired) electrons. The first-order chi connectivity index (χ1) is 9.03. The van der Waals surface area contributed by atoms with Crippen molar-refractivity contribution in [3.05, 3.63) is 42.0 Å². The van der Waals surface area contributed by atoms with E-state index in [2.05, 4.69) is 19.2 Å². The number of benzene rings is 1. The Morgan fingerprint density at radius 1 is 1.32 bits per heavy atom. The van der Waals surface area contributed by atoms with Crippen LogP contribution in [0.5, 0.6) is 0 Å². The van der Waals surface area contributed by atoms with Gasteiger partial charge in [-0.05, 0) is 29.9 Å². The van der Waals surface area contributed by atoms with Gasteiger partial charge in [-0.1, -0.05) is 44.2 Å². The molecule has 0 saturated heterocycles. The number of hydrogen-bond donors (Lipinski definition) is 2. The zero-order valence-electron chi connectivity index (χ0n) is 11.7. The summed E-state index contributed by atoms with van der Waals surface area (Å²) in [5.74, 6) is -0.0825. The molecule has 0 aliphatic heterocycles. The van der Waals surface area contributed by atoms with Crippen LogP contribution in [0.2, 0.25) is 0 Å². The van der Waals surface area contributed by atoms with E-state index in [4.69, 9.17) is 5.11 Å². The van der Waals surface area contributed by atoms with E-state index < -0.39 is 0 Å². The van der Waals surface area contributed by atoms with E-state index in [1.54, 1.807) is 12.2 Å². The Hall–Kier alpha value is -1.61. The molecule has 1 aromatic carbocycles. The van der Waals surface area contributed by atoms with Crippen molar-refractivity contribution in [3.63, 3.8) is 0 Å². The Morgan fingerprint density at radius 3 is 2.63 bits per heavy atom. The lowest BCUT2D eigenvalue weighted by Crippen LogP contribution is -2.33. The molecule has 1 rings (SSSR count). The molecule has 0 unspecified atom stereocenters. The summed E-state index contributed by atoms with van der Waals surface area (Å²) < 4.78 is 0. The third-order valence-electron chi connectivity index (χ3n) is 2.98. The minimum Gasteiger partial charge on any atom is -0.396 e. The summed E-state index contributed by atoms with van der Waals surface area (Å²) in [6, 6.07) is 9.73. The Balaban J connectivity index is 2.37. The second kappa shape index (κ2) is 7.74. The van der Waals surface area contributed by atoms with Gasteiger partial charge in [0.1, 0.15) is 0 Å². The fourth-order valence-electron chi connectivity index (χ4n) is 1.77. The highest BCUT2D eigenvalue weighted by molar-refractivity contribution is 5.91. The van der Waals surface area contributed by atoms with Crippen LogP contribution in [0.15, 0.2) is 36.4 Å². The molecule has 1 amide bonds. The van der Waals surface area contributed by atoms with Gasteiger partial charge in [0.25, 0.3) is 0 Å². The first-order valence-corrected chi connectivity index (χ1v) is 6.65. The third-order valence-corrected chi connectivity index (χ3v) is 2.98. The maximum atomic E-state index is 11.7. The lowest BCUT2D eigenvalue weighted by atomic mass is 9.88. The minimum atomic E-state index is -0.0825. The van der Waals surface area contributed by atoms with Crippen molar-refractivity contribution in [2.45, 2.75) is 26.7 Å². The van der Waals surface area contributed by atoms with Gasteiger partial charge in [0.2, 0.25) is 5.91 Å². The van der Waals surface area contributed by atoms with Crippen LogP contribution in [0.3, 0.4) is 0 Å². The highest BCUT2D eigenvalue weighted by Gasteiger charge is 2.17. The highest BCUT2D eigenvalue weighted by atomic mass is 16.2. The Kier molecular flexibility index (Phi) is 6.30. The van der Waals surface area contributed by atoms with Crippen molar-refractivity contribution in [2.75, 3.05) is 13.2 Å². The molecule has 1 aromatic rings. The topological polar surface area (TPSA) is 49.3 Å². The number of amides is 1. The maximum absolute atomic E-state index is 11.7. The second-order valence-corrected chi connectivity index (χ2v) is 5.45. The Morgan fingerprint density at radius 2 is 2.00 bits per heavy atom. The molecule has 0 aliphatic rings. The number of hydrogen-bond acceptors (Lipinski definition) is 2. The SMILES string of the molecule is CC(C)(CCCO)CNC(=O)/C=C/c1ccccc1. The van der Waals surface area contributed by atoms with Crippen LogP contribution in [0.4, 0.5) is 0 Å². The predicted octanol–water partition coefficient (Wildman–Crippen LogP) is 2.61. The largest absolute Gasteiger partial charge is 0.396 e. The van der Waals surface area contributed by atoms with E-state index in [1.807, 2.05) is 30.3 Å². The molecule has 2 N–H and O–H groups in total. The summed E-state index contributed by atoms with van der Waals surface area (Å²) >= 11 is 0. The molecule has 19 heavy (non-hydrogen) atoms. The highest BCUT2D eigenvalue weighted by Crippen LogP contribution is 2.20. The van der Waals surface area contributed by atoms with Crippen LogP contribution < -0.4 is 5.32 Å². The monoisotopic (exact) mass is 261 g/mol. The van der Waals surface area contributed by atoms with Gasteiger partial charge in [-0.25, -0.2) is 0 Å². The van der Waals surface area contributed by atoms with E-state index >= 15 is 0 Å². The molecular formula is C16H23NO2. The molecular weight excluding hydrogens is 238 g/mol. The van der Waals surface area contributed by atoms with Gasteiger partial charge in [0, 0.05) is 19.2 Å². The van der Waals surface area contributed by atoms with E-state index in [0.29, 0.717) is 6.54 Å². The number of aliphatic hydroxyl groups is 1. The quantitative estimate of drug-likeness (QED) is 0.741. The Bertz CT molecular complexity index is 410. The fraction of sp³-hybridized carbons (Fsp3) is 0.438. The Labute approximate surface area is 115 Å². The molecule has 0 saturated carbocycles. The third kappa shape index (κ3) is 6.77. The summed E-state index contributed by atoms with van der Waals surface area (Å²) in [4.78, 5) is 11.7. The first kappa shape index (κ1) is 15.4. The van der Waals surface area contributed by atoms with Crippen LogP contribution in [0.25, 0.3) is 6.08 Å². The minimum absolute atomic E-state index is 0.0129. The molecule has 3 heteroatoms. The van der Waals surface area contributed by atoms with Crippen molar-refractivity contribution in [1.82, 2.24) is 5.32 Å². The van der Waals surface area contributed by atoms with E-state index in [1.165, 1.54) is 0 Å². The normalized spacial score (nSPS) is 11.7. The molecule has 104 valence electrons. The zero-order chi connectivity index (χ0) is 14.1. The molecule has 0 heterocycles. The average Bonchev–Trinajstić information content (AvgIpc) is 2.42. The maximum Gasteiger partial charge on any atom is 0.244 e. The van der Waals surface area contributed by atoms with Crippen molar-refractivity contribution < 1.29 is 9.90 Å². The summed E-state index contributed by atoms with van der Waals surface area (Å²) in [5.41, 5.74) is 1.02. The van der Waals surface area contributed by atoms with E-state index in [0.717, 1.165) is 18.4 Å². The van der Waals surface area contributed by atoms with Crippen molar-refractivity contribution in [1.29, 1.82) is 0 Å². The van der Waals surface area contributed by atoms with Gasteiger partial charge in [-0.15, -0.1) is 0 Å². The predicted molar refractivity (Wildman–Crippen MR) is 78.6 cm³/mol. The van der Waals surface area contributed by atoms with E-state index in [9.17, 15) is 4.79 Å². The molecule has 3 nitrogen and oxygen atoms in total. The van der Waals surface area contributed by atoms with E-state index in [-0.39, 0.29) is 17.9 Å². The summed E-state index contributed by atoms with van der Waals surface area (Å²) in [6.07, 6.45) is 5.02. The summed E-state index contributed by atoms with van der Waals surface area (Å²) in [7, 11) is 0. The molecule has 0 atom stereocenters. The van der Waals surface area contributed by atoms with Gasteiger partial charge < -0.3 is 10.4 Å². The zero-order valence-corrected chi connectivity index (χ0v) is 11.7. The smallest absolute Gasteiger partial charge is 0.244 e. The van der Waals surface area contributed by atoms with Gasteiger partial charge in [-0.3, -0.25) is 4.79 Å². The standard InChI is InChI=1S/C16H23NO2/c1-16(2,11-6-12-18)13-17-15(19)10-9-14-7-4-3-5-8-14/h3-5,7-10,18H,6,11-13H2,1-2H3,(H,17,19)/b10-9+. The van der Waals surface area contributed by atoms with Crippen LogP contribution in [-0.4, -0.2) is 24.2 Å². The lowest BCUT2D eigenvalue weighted by Gasteiger charge is -2.24. The van der Waals surface area contributed by atoms with Gasteiger partial charge >= 0.3 is 0 Å². The molecule has 0 aromatic heterocycles. The molecule has 0 fully saturated rings. The second-order valence-electron chi connectivity index (χ2n) is 5.45. The average molecular weight is 261 g/mol. The van der Waals surface area contributed by atoms with Crippen molar-refractivity contribution >= 4 is 12.0 Å². The van der Waals surface area contributed by atoms with Crippen molar-refractivity contribution in [2.24, 2.45) is 5.41 Å². The lowest BCUT2D eigenvalue weighted by molar-refractivity contribution is -0.116. The van der Waals surface area contributed by atoms with Crippen LogP contribution in [0, 0.1) is 5.41 Å². The number of aliphatic hydroxyl groups excluding tert-OH is 1. The van der Waals surface area contributed by atoms with Gasteiger partial charge in [0.05, 0.1) is 0 Å². The number of rotatable bonds is 7. The first-order valence-electron chi connectivity index (χ1n) is 6.65. The van der Waals surface area contributed by atoms with Gasteiger partial charge in [0.15, 0.2) is 0 Å². The van der Waals surface area contributed by atoms with Crippen molar-refractivity contribution in [3.8, 4) is 0 Å². The van der Waals surface area contributed by atoms with Crippen LogP contribution >= 0.6 is 0 Å². The van der Waals surface area contributed by atoms with Crippen LogP contribution in [-0.2, 0) is 4.79 Å². The molecule has 0 spiro atoms. The number of carbonyl (C=O) groups excluding carboxylic acids is 1. The number of carbonyl (C=O) groups is 1. The fourth-order valence-corrected chi connectivity index (χ4v) is 1.77. The van der Waals surface area contributed by atoms with Crippen LogP contribution in [0.1, 0.15) is 32.3 Å². The summed E-state index contributed by atoms with van der Waals surface area (Å²) in [5, 5.41) is 11.7.